The lowest BCUT2D eigenvalue weighted by Gasteiger charge is -2.09. The summed E-state index contributed by atoms with van der Waals surface area (Å²) < 4.78 is 0. The van der Waals surface area contributed by atoms with Crippen molar-refractivity contribution in [2.45, 2.75) is 18.9 Å². The van der Waals surface area contributed by atoms with Crippen LogP contribution in [-0.2, 0) is 0 Å². The number of pyridine rings is 2. The zero-order valence-corrected chi connectivity index (χ0v) is 15.6. The Kier molecular flexibility index (Phi) is 5.04. The van der Waals surface area contributed by atoms with E-state index in [-0.39, 0.29) is 23.6 Å². The van der Waals surface area contributed by atoms with Crippen LogP contribution >= 0.6 is 11.6 Å². The van der Waals surface area contributed by atoms with Crippen LogP contribution in [0.1, 0.15) is 33.7 Å². The summed E-state index contributed by atoms with van der Waals surface area (Å²) in [6, 6.07) is 12.5. The predicted octanol–water partition coefficient (Wildman–Crippen LogP) is 3.94. The maximum absolute atomic E-state index is 12.6. The van der Waals surface area contributed by atoms with Crippen LogP contribution in [0, 0.1) is 0 Å². The Morgan fingerprint density at radius 2 is 1.86 bits per heavy atom. The highest BCUT2D eigenvalue weighted by atomic mass is 35.5. The lowest BCUT2D eigenvalue weighted by molar-refractivity contribution is 0.0946. The first-order chi connectivity index (χ1) is 13.6. The summed E-state index contributed by atoms with van der Waals surface area (Å²) in [5.74, 6) is -0.611. The Morgan fingerprint density at radius 3 is 2.64 bits per heavy atom. The average Bonchev–Trinajstić information content (AvgIpc) is 3.52. The number of carbonyl (C=O) groups excluding carboxylic acids is 2. The summed E-state index contributed by atoms with van der Waals surface area (Å²) in [5.41, 5.74) is 2.73. The number of benzene rings is 1. The number of amides is 2. The van der Waals surface area contributed by atoms with Crippen molar-refractivity contribution in [2.24, 2.45) is 0 Å². The second-order valence-electron chi connectivity index (χ2n) is 6.57. The van der Waals surface area contributed by atoms with E-state index in [0.717, 1.165) is 24.0 Å². The van der Waals surface area contributed by atoms with Gasteiger partial charge >= 0.3 is 0 Å². The summed E-state index contributed by atoms with van der Waals surface area (Å²) in [6.07, 6.45) is 6.67. The molecule has 1 aliphatic rings. The fourth-order valence-corrected chi connectivity index (χ4v) is 2.98. The van der Waals surface area contributed by atoms with E-state index in [1.165, 1.54) is 12.3 Å². The number of aromatic nitrogens is 2. The van der Waals surface area contributed by atoms with Gasteiger partial charge in [0.2, 0.25) is 0 Å². The lowest BCUT2D eigenvalue weighted by atomic mass is 10.1. The van der Waals surface area contributed by atoms with E-state index >= 15 is 0 Å². The van der Waals surface area contributed by atoms with Crippen molar-refractivity contribution in [1.82, 2.24) is 15.3 Å². The molecule has 140 valence electrons. The molecule has 3 aromatic rings. The van der Waals surface area contributed by atoms with Gasteiger partial charge in [-0.1, -0.05) is 29.8 Å². The van der Waals surface area contributed by atoms with E-state index in [4.69, 9.17) is 11.6 Å². The van der Waals surface area contributed by atoms with Crippen molar-refractivity contribution < 1.29 is 9.59 Å². The molecule has 1 saturated carbocycles. The van der Waals surface area contributed by atoms with Crippen LogP contribution in [0.25, 0.3) is 11.1 Å². The van der Waals surface area contributed by atoms with E-state index in [0.29, 0.717) is 16.3 Å². The molecular weight excluding hydrogens is 376 g/mol. The second kappa shape index (κ2) is 7.78. The van der Waals surface area contributed by atoms with E-state index in [2.05, 4.69) is 20.6 Å². The summed E-state index contributed by atoms with van der Waals surface area (Å²) in [5, 5.41) is 6.27. The molecule has 6 nitrogen and oxygen atoms in total. The third-order valence-corrected chi connectivity index (χ3v) is 4.68. The summed E-state index contributed by atoms with van der Waals surface area (Å²) in [7, 11) is 0. The standard InChI is InChI=1S/C21H17ClN4O2/c22-18-4-2-1-3-17(18)14-9-16(12-23-11-14)26-20(27)13-7-8-24-19(10-13)21(28)25-15-5-6-15/h1-4,7-12,15H,5-6H2,(H,25,28)(H,26,27). The highest BCUT2D eigenvalue weighted by Crippen LogP contribution is 2.28. The highest BCUT2D eigenvalue weighted by molar-refractivity contribution is 6.33. The quantitative estimate of drug-likeness (QED) is 0.688. The third-order valence-electron chi connectivity index (χ3n) is 4.35. The molecule has 0 atom stereocenters. The Bertz CT molecular complexity index is 1050. The molecule has 2 amide bonds. The number of hydrogen-bond donors (Lipinski definition) is 2. The van der Waals surface area contributed by atoms with Gasteiger partial charge < -0.3 is 10.6 Å². The van der Waals surface area contributed by atoms with E-state index in [1.807, 2.05) is 18.2 Å². The largest absolute Gasteiger partial charge is 0.348 e. The van der Waals surface area contributed by atoms with Crippen LogP contribution in [0.2, 0.25) is 5.02 Å². The topological polar surface area (TPSA) is 84.0 Å². The number of rotatable bonds is 5. The van der Waals surface area contributed by atoms with Crippen LogP contribution in [0.4, 0.5) is 5.69 Å². The zero-order valence-electron chi connectivity index (χ0n) is 14.9. The SMILES string of the molecule is O=C(Nc1cncc(-c2ccccc2Cl)c1)c1ccnc(C(=O)NC2CC2)c1. The van der Waals surface area contributed by atoms with Gasteiger partial charge in [-0.25, -0.2) is 0 Å². The summed E-state index contributed by atoms with van der Waals surface area (Å²) in [6.45, 7) is 0. The molecule has 0 saturated heterocycles. The molecule has 0 spiro atoms. The molecule has 0 unspecified atom stereocenters. The molecule has 28 heavy (non-hydrogen) atoms. The van der Waals surface area contributed by atoms with E-state index in [1.54, 1.807) is 30.6 Å². The van der Waals surface area contributed by atoms with Crippen molar-refractivity contribution in [3.8, 4) is 11.1 Å². The number of hydrogen-bond acceptors (Lipinski definition) is 4. The monoisotopic (exact) mass is 392 g/mol. The Labute approximate surface area is 167 Å². The first-order valence-electron chi connectivity index (χ1n) is 8.88. The molecule has 0 aliphatic heterocycles. The molecular formula is C21H17ClN4O2. The highest BCUT2D eigenvalue weighted by Gasteiger charge is 2.24. The van der Waals surface area contributed by atoms with Crippen LogP contribution in [0.15, 0.2) is 61.1 Å². The van der Waals surface area contributed by atoms with Gasteiger partial charge in [0, 0.05) is 40.1 Å². The Balaban J connectivity index is 1.52. The fraction of sp³-hybridized carbons (Fsp3) is 0.143. The van der Waals surface area contributed by atoms with Crippen molar-refractivity contribution in [3.63, 3.8) is 0 Å². The normalized spacial score (nSPS) is 13.0. The molecule has 1 aromatic carbocycles. The number of nitrogens with zero attached hydrogens (tertiary/aromatic N) is 2. The van der Waals surface area contributed by atoms with E-state index < -0.39 is 0 Å². The molecule has 4 rings (SSSR count). The molecule has 1 fully saturated rings. The van der Waals surface area contributed by atoms with Gasteiger partial charge in [-0.2, -0.15) is 0 Å². The number of carbonyl (C=O) groups is 2. The predicted molar refractivity (Wildman–Crippen MR) is 107 cm³/mol. The minimum Gasteiger partial charge on any atom is -0.348 e. The molecule has 2 aromatic heterocycles. The van der Waals surface area contributed by atoms with Gasteiger partial charge in [0.05, 0.1) is 11.9 Å². The summed E-state index contributed by atoms with van der Waals surface area (Å²) in [4.78, 5) is 33.0. The lowest BCUT2D eigenvalue weighted by Crippen LogP contribution is -2.26. The number of anilines is 1. The van der Waals surface area contributed by atoms with Crippen LogP contribution < -0.4 is 10.6 Å². The Morgan fingerprint density at radius 1 is 1.04 bits per heavy atom. The van der Waals surface area contributed by atoms with Gasteiger partial charge in [0.25, 0.3) is 11.8 Å². The van der Waals surface area contributed by atoms with Gasteiger partial charge in [-0.15, -0.1) is 0 Å². The molecule has 2 N–H and O–H groups in total. The van der Waals surface area contributed by atoms with Crippen LogP contribution in [0.3, 0.4) is 0 Å². The Hall–Kier alpha value is -3.25. The maximum atomic E-state index is 12.6. The molecule has 1 aliphatic carbocycles. The van der Waals surface area contributed by atoms with Crippen molar-refractivity contribution in [2.75, 3.05) is 5.32 Å². The number of halogens is 1. The zero-order chi connectivity index (χ0) is 19.5. The second-order valence-corrected chi connectivity index (χ2v) is 6.98. The number of nitrogens with one attached hydrogen (secondary N) is 2. The van der Waals surface area contributed by atoms with Crippen LogP contribution in [-0.4, -0.2) is 27.8 Å². The van der Waals surface area contributed by atoms with Crippen LogP contribution in [0.5, 0.6) is 0 Å². The van der Waals surface area contributed by atoms with Gasteiger partial charge in [-0.05, 0) is 37.1 Å². The first-order valence-corrected chi connectivity index (χ1v) is 9.26. The minimum atomic E-state index is -0.346. The average molecular weight is 393 g/mol. The molecule has 7 heteroatoms. The van der Waals surface area contributed by atoms with Crippen molar-refractivity contribution in [1.29, 1.82) is 0 Å². The third kappa shape index (κ3) is 4.18. The molecule has 0 bridgehead atoms. The van der Waals surface area contributed by atoms with Gasteiger partial charge in [0.15, 0.2) is 0 Å². The van der Waals surface area contributed by atoms with Crippen molar-refractivity contribution in [3.05, 3.63) is 77.3 Å². The fourth-order valence-electron chi connectivity index (χ4n) is 2.74. The van der Waals surface area contributed by atoms with E-state index in [9.17, 15) is 9.59 Å². The van der Waals surface area contributed by atoms with Gasteiger partial charge in [0.1, 0.15) is 5.69 Å². The summed E-state index contributed by atoms with van der Waals surface area (Å²) >= 11 is 6.24. The smallest absolute Gasteiger partial charge is 0.270 e. The minimum absolute atomic E-state index is 0.225. The van der Waals surface area contributed by atoms with Crippen molar-refractivity contribution >= 4 is 29.1 Å². The van der Waals surface area contributed by atoms with Gasteiger partial charge in [-0.3, -0.25) is 19.6 Å². The molecule has 0 radical (unpaired) electrons. The maximum Gasteiger partial charge on any atom is 0.270 e. The molecule has 2 heterocycles. The first kappa shape index (κ1) is 18.1.